The second kappa shape index (κ2) is 9.96. The summed E-state index contributed by atoms with van der Waals surface area (Å²) in [5.41, 5.74) is 3.62. The van der Waals surface area contributed by atoms with Crippen molar-refractivity contribution in [3.05, 3.63) is 59.2 Å². The Balaban J connectivity index is 1.73. The zero-order chi connectivity index (χ0) is 19.6. The SMILES string of the molecule is COc1ccccc1CNC(=O)CO/N=C\C(=O)Nc1ccc(C)cc1C. The molecule has 0 aliphatic carbocycles. The number of aryl methyl sites for hydroxylation is 2. The summed E-state index contributed by atoms with van der Waals surface area (Å²) < 4.78 is 5.22. The molecule has 0 heterocycles. The molecule has 0 saturated carbocycles. The van der Waals surface area contributed by atoms with Gasteiger partial charge in [0.15, 0.2) is 6.61 Å². The summed E-state index contributed by atoms with van der Waals surface area (Å²) in [7, 11) is 1.57. The van der Waals surface area contributed by atoms with Crippen LogP contribution in [0.15, 0.2) is 47.6 Å². The number of ether oxygens (including phenoxy) is 1. The number of anilines is 1. The van der Waals surface area contributed by atoms with E-state index < -0.39 is 5.91 Å². The third-order valence-corrected chi connectivity index (χ3v) is 3.75. The summed E-state index contributed by atoms with van der Waals surface area (Å²) in [6.07, 6.45) is 0.993. The monoisotopic (exact) mass is 369 g/mol. The molecular weight excluding hydrogens is 346 g/mol. The van der Waals surface area contributed by atoms with Crippen LogP contribution in [0.2, 0.25) is 0 Å². The second-order valence-electron chi connectivity index (χ2n) is 5.90. The van der Waals surface area contributed by atoms with Crippen molar-refractivity contribution in [3.8, 4) is 5.75 Å². The average molecular weight is 369 g/mol. The summed E-state index contributed by atoms with van der Waals surface area (Å²) in [5, 5.41) is 8.92. The first-order valence-corrected chi connectivity index (χ1v) is 8.41. The molecule has 0 spiro atoms. The van der Waals surface area contributed by atoms with Gasteiger partial charge in [-0.05, 0) is 31.5 Å². The van der Waals surface area contributed by atoms with Crippen molar-refractivity contribution in [2.24, 2.45) is 5.16 Å². The van der Waals surface area contributed by atoms with E-state index in [9.17, 15) is 9.59 Å². The minimum Gasteiger partial charge on any atom is -0.496 e. The zero-order valence-electron chi connectivity index (χ0n) is 15.6. The van der Waals surface area contributed by atoms with Gasteiger partial charge in [0, 0.05) is 17.8 Å². The molecule has 142 valence electrons. The quantitative estimate of drug-likeness (QED) is 0.553. The van der Waals surface area contributed by atoms with E-state index in [-0.39, 0.29) is 12.5 Å². The number of hydrogen-bond donors (Lipinski definition) is 2. The number of carbonyl (C=O) groups excluding carboxylic acids is 2. The molecule has 0 aromatic heterocycles. The molecule has 2 rings (SSSR count). The van der Waals surface area contributed by atoms with Crippen LogP contribution in [-0.2, 0) is 21.0 Å². The first-order valence-electron chi connectivity index (χ1n) is 8.41. The number of rotatable bonds is 8. The summed E-state index contributed by atoms with van der Waals surface area (Å²) in [4.78, 5) is 28.5. The average Bonchev–Trinajstić information content (AvgIpc) is 2.66. The lowest BCUT2D eigenvalue weighted by Crippen LogP contribution is -2.26. The Kier molecular flexibility index (Phi) is 7.37. The van der Waals surface area contributed by atoms with E-state index in [4.69, 9.17) is 9.57 Å². The lowest BCUT2D eigenvalue weighted by Gasteiger charge is -2.09. The van der Waals surface area contributed by atoms with Crippen molar-refractivity contribution in [2.45, 2.75) is 20.4 Å². The molecule has 7 nitrogen and oxygen atoms in total. The lowest BCUT2D eigenvalue weighted by atomic mass is 10.1. The van der Waals surface area contributed by atoms with Gasteiger partial charge in [-0.1, -0.05) is 41.1 Å². The maximum absolute atomic E-state index is 11.8. The molecule has 27 heavy (non-hydrogen) atoms. The van der Waals surface area contributed by atoms with Gasteiger partial charge in [0.25, 0.3) is 11.8 Å². The van der Waals surface area contributed by atoms with Crippen molar-refractivity contribution in [1.82, 2.24) is 5.32 Å². The first kappa shape index (κ1) is 20.0. The van der Waals surface area contributed by atoms with Gasteiger partial charge in [0.2, 0.25) is 0 Å². The van der Waals surface area contributed by atoms with Crippen LogP contribution in [0.3, 0.4) is 0 Å². The van der Waals surface area contributed by atoms with E-state index in [2.05, 4.69) is 15.8 Å². The van der Waals surface area contributed by atoms with Gasteiger partial charge in [-0.25, -0.2) is 0 Å². The molecular formula is C20H23N3O4. The van der Waals surface area contributed by atoms with Gasteiger partial charge in [0.1, 0.15) is 12.0 Å². The summed E-state index contributed by atoms with van der Waals surface area (Å²) in [6, 6.07) is 13.1. The highest BCUT2D eigenvalue weighted by molar-refractivity contribution is 6.31. The minimum absolute atomic E-state index is 0.289. The fourth-order valence-electron chi connectivity index (χ4n) is 2.39. The fraction of sp³-hybridized carbons (Fsp3) is 0.250. The van der Waals surface area contributed by atoms with E-state index in [1.165, 1.54) is 0 Å². The van der Waals surface area contributed by atoms with E-state index in [0.29, 0.717) is 18.0 Å². The highest BCUT2D eigenvalue weighted by Crippen LogP contribution is 2.17. The first-order chi connectivity index (χ1) is 13.0. The maximum Gasteiger partial charge on any atom is 0.270 e. The van der Waals surface area contributed by atoms with Gasteiger partial charge < -0.3 is 20.2 Å². The van der Waals surface area contributed by atoms with E-state index in [1.54, 1.807) is 7.11 Å². The molecule has 2 aromatic rings. The Bertz CT molecular complexity index is 834. The predicted octanol–water partition coefficient (Wildman–Crippen LogP) is 2.57. The van der Waals surface area contributed by atoms with Gasteiger partial charge in [-0.15, -0.1) is 0 Å². The topological polar surface area (TPSA) is 89.0 Å². The molecule has 0 radical (unpaired) electrons. The Hall–Kier alpha value is -3.35. The number of amides is 2. The molecule has 2 N–H and O–H groups in total. The Morgan fingerprint density at radius 3 is 2.67 bits per heavy atom. The van der Waals surface area contributed by atoms with Gasteiger partial charge in [-0.2, -0.15) is 0 Å². The Morgan fingerprint density at radius 2 is 1.93 bits per heavy atom. The predicted molar refractivity (Wildman–Crippen MR) is 104 cm³/mol. The molecule has 0 aliphatic rings. The van der Waals surface area contributed by atoms with Gasteiger partial charge in [-0.3, -0.25) is 9.59 Å². The molecule has 0 fully saturated rings. The van der Waals surface area contributed by atoms with Crippen molar-refractivity contribution in [2.75, 3.05) is 19.0 Å². The van der Waals surface area contributed by atoms with E-state index >= 15 is 0 Å². The number of nitrogens with zero attached hydrogens (tertiary/aromatic N) is 1. The minimum atomic E-state index is -0.434. The highest BCUT2D eigenvalue weighted by Gasteiger charge is 2.06. The lowest BCUT2D eigenvalue weighted by molar-refractivity contribution is -0.126. The maximum atomic E-state index is 11.8. The second-order valence-corrected chi connectivity index (χ2v) is 5.90. The fourth-order valence-corrected chi connectivity index (χ4v) is 2.39. The van der Waals surface area contributed by atoms with Gasteiger partial charge in [0.05, 0.1) is 7.11 Å². The van der Waals surface area contributed by atoms with Crippen LogP contribution >= 0.6 is 0 Å². The standard InChI is InChI=1S/C20H23N3O4/c1-14-8-9-17(15(2)10-14)23-19(24)12-22-27-13-20(25)21-11-16-6-4-5-7-18(16)26-3/h4-10,12H,11,13H2,1-3H3,(H,21,25)(H,23,24)/b22-12-. The van der Waals surface area contributed by atoms with Crippen LogP contribution in [0, 0.1) is 13.8 Å². The zero-order valence-corrected chi connectivity index (χ0v) is 15.6. The molecule has 0 saturated heterocycles. The Labute approximate surface area is 158 Å². The number of para-hydroxylation sites is 1. The van der Waals surface area contributed by atoms with Crippen LogP contribution in [0.4, 0.5) is 5.69 Å². The highest BCUT2D eigenvalue weighted by atomic mass is 16.6. The number of oxime groups is 1. The molecule has 0 bridgehead atoms. The summed E-state index contributed by atoms with van der Waals surface area (Å²) >= 11 is 0. The molecule has 0 unspecified atom stereocenters. The third kappa shape index (κ3) is 6.47. The van der Waals surface area contributed by atoms with Crippen molar-refractivity contribution < 1.29 is 19.2 Å². The van der Waals surface area contributed by atoms with Crippen molar-refractivity contribution >= 4 is 23.7 Å². The van der Waals surface area contributed by atoms with Crippen molar-refractivity contribution in [1.29, 1.82) is 0 Å². The summed E-state index contributed by atoms with van der Waals surface area (Å²) in [6.45, 7) is 3.90. The number of hydrogen-bond acceptors (Lipinski definition) is 5. The number of methoxy groups -OCH3 is 1. The van der Waals surface area contributed by atoms with Crippen molar-refractivity contribution in [3.63, 3.8) is 0 Å². The molecule has 2 aromatic carbocycles. The molecule has 2 amide bonds. The van der Waals surface area contributed by atoms with Gasteiger partial charge >= 0.3 is 0 Å². The van der Waals surface area contributed by atoms with Crippen LogP contribution in [0.5, 0.6) is 5.75 Å². The van der Waals surface area contributed by atoms with E-state index in [0.717, 1.165) is 22.9 Å². The molecule has 0 aliphatic heterocycles. The number of nitrogens with one attached hydrogen (secondary N) is 2. The largest absolute Gasteiger partial charge is 0.496 e. The third-order valence-electron chi connectivity index (χ3n) is 3.75. The van der Waals surface area contributed by atoms with Crippen LogP contribution in [0.1, 0.15) is 16.7 Å². The summed E-state index contributed by atoms with van der Waals surface area (Å²) in [5.74, 6) is -0.0935. The van der Waals surface area contributed by atoms with E-state index in [1.807, 2.05) is 56.3 Å². The Morgan fingerprint density at radius 1 is 1.15 bits per heavy atom. The number of benzene rings is 2. The number of carbonyl (C=O) groups is 2. The molecule has 7 heteroatoms. The normalized spacial score (nSPS) is 10.5. The molecule has 0 atom stereocenters. The van der Waals surface area contributed by atoms with Crippen LogP contribution in [-0.4, -0.2) is 31.7 Å². The van der Waals surface area contributed by atoms with Crippen LogP contribution < -0.4 is 15.4 Å². The smallest absolute Gasteiger partial charge is 0.270 e. The van der Waals surface area contributed by atoms with Crippen LogP contribution in [0.25, 0.3) is 0 Å².